The lowest BCUT2D eigenvalue weighted by molar-refractivity contribution is 0.214. The fourth-order valence-electron chi connectivity index (χ4n) is 4.75. The van der Waals surface area contributed by atoms with Crippen molar-refractivity contribution < 1.29 is 29.3 Å². The van der Waals surface area contributed by atoms with Crippen molar-refractivity contribution in [3.63, 3.8) is 0 Å². The van der Waals surface area contributed by atoms with Gasteiger partial charge in [-0.05, 0) is 131 Å². The van der Waals surface area contributed by atoms with Crippen LogP contribution < -0.4 is 20.1 Å². The molecule has 0 aromatic heterocycles. The highest BCUT2D eigenvalue weighted by Gasteiger charge is 2.16. The van der Waals surface area contributed by atoms with Crippen molar-refractivity contribution in [2.24, 2.45) is 0 Å². The van der Waals surface area contributed by atoms with Gasteiger partial charge in [-0.1, -0.05) is 59.2 Å². The first-order valence-corrected chi connectivity index (χ1v) is 16.3. The van der Waals surface area contributed by atoms with Crippen molar-refractivity contribution in [2.75, 3.05) is 10.6 Å². The van der Waals surface area contributed by atoms with Crippen LogP contribution in [-0.2, 0) is 0 Å². The maximum Gasteiger partial charge on any atom is 0.417 e. The molecule has 244 valence electrons. The minimum atomic E-state index is -0.674. The summed E-state index contributed by atoms with van der Waals surface area (Å²) >= 11 is 13.3. The van der Waals surface area contributed by atoms with Crippen LogP contribution >= 0.6 is 35.0 Å². The fraction of sp³-hybridized carbons (Fsp3) is 0. The normalized spacial score (nSPS) is 10.7. The van der Waals surface area contributed by atoms with Crippen LogP contribution in [0.25, 0.3) is 22.3 Å². The van der Waals surface area contributed by atoms with E-state index in [9.17, 15) is 19.8 Å². The van der Waals surface area contributed by atoms with Gasteiger partial charge in [-0.15, -0.1) is 0 Å². The van der Waals surface area contributed by atoms with Crippen molar-refractivity contribution in [1.82, 2.24) is 0 Å². The second kappa shape index (κ2) is 15.1. The van der Waals surface area contributed by atoms with Crippen molar-refractivity contribution in [2.45, 2.75) is 9.79 Å². The molecule has 4 N–H and O–H groups in total. The zero-order chi connectivity index (χ0) is 34.3. The molecule has 0 radical (unpaired) electrons. The molecule has 0 aliphatic carbocycles. The number of carbonyl (C=O) groups excluding carboxylic acids is 2. The van der Waals surface area contributed by atoms with E-state index >= 15 is 0 Å². The Morgan fingerprint density at radius 2 is 0.878 bits per heavy atom. The Morgan fingerprint density at radius 3 is 1.24 bits per heavy atom. The van der Waals surface area contributed by atoms with Gasteiger partial charge in [0, 0.05) is 31.2 Å². The number of amides is 2. The molecule has 0 spiro atoms. The Kier molecular flexibility index (Phi) is 10.2. The van der Waals surface area contributed by atoms with Gasteiger partial charge >= 0.3 is 12.2 Å². The van der Waals surface area contributed by atoms with Crippen molar-refractivity contribution in [3.05, 3.63) is 144 Å². The van der Waals surface area contributed by atoms with Gasteiger partial charge < -0.3 is 19.7 Å². The Morgan fingerprint density at radius 1 is 0.510 bits per heavy atom. The van der Waals surface area contributed by atoms with Gasteiger partial charge in [0.15, 0.2) is 0 Å². The number of phenolic OH excluding ortho intramolecular Hbond substituents is 2. The minimum Gasteiger partial charge on any atom is -0.508 e. The average molecular weight is 710 g/mol. The summed E-state index contributed by atoms with van der Waals surface area (Å²) in [4.78, 5) is 27.1. The van der Waals surface area contributed by atoms with E-state index in [4.69, 9.17) is 32.7 Å². The number of ether oxygens (including phenoxy) is 2. The average Bonchev–Trinajstić information content (AvgIpc) is 3.09. The standard InChI is InChI=1S/C38H26Cl2N2O6S/c39-25-5-15-31(16-6-25)47-37(45)41-27-9-19-35(33(21-27)23-1-11-29(43)12-2-23)49-36-20-10-28(22-34(36)24-3-13-30(44)14-4-24)42-38(46)48-32-17-7-26(40)8-18-32/h1-22,43-44H,(H,41,45)(H,42,46). The van der Waals surface area contributed by atoms with Gasteiger partial charge in [0.25, 0.3) is 0 Å². The van der Waals surface area contributed by atoms with Crippen LogP contribution in [0, 0.1) is 0 Å². The molecule has 0 heterocycles. The van der Waals surface area contributed by atoms with E-state index in [0.717, 1.165) is 32.0 Å². The highest BCUT2D eigenvalue weighted by Crippen LogP contribution is 2.43. The molecular weight excluding hydrogens is 683 g/mol. The number of hydrogen-bond acceptors (Lipinski definition) is 7. The predicted octanol–water partition coefficient (Wildman–Crippen LogP) is 11.1. The summed E-state index contributed by atoms with van der Waals surface area (Å²) in [6.07, 6.45) is -1.35. The second-order valence-electron chi connectivity index (χ2n) is 10.6. The Balaban J connectivity index is 1.30. The number of anilines is 2. The minimum absolute atomic E-state index is 0.117. The maximum absolute atomic E-state index is 12.7. The zero-order valence-corrected chi connectivity index (χ0v) is 27.7. The van der Waals surface area contributed by atoms with E-state index in [1.54, 1.807) is 109 Å². The third-order valence-corrected chi connectivity index (χ3v) is 8.73. The Bertz CT molecular complexity index is 1960. The molecule has 11 heteroatoms. The summed E-state index contributed by atoms with van der Waals surface area (Å²) in [6, 6.07) is 37.3. The number of aromatic hydroxyl groups is 2. The Labute approximate surface area is 295 Å². The molecule has 8 nitrogen and oxygen atoms in total. The van der Waals surface area contributed by atoms with Gasteiger partial charge in [-0.2, -0.15) is 0 Å². The number of rotatable bonds is 8. The molecule has 6 aromatic carbocycles. The van der Waals surface area contributed by atoms with E-state index < -0.39 is 12.2 Å². The van der Waals surface area contributed by atoms with E-state index in [2.05, 4.69) is 10.6 Å². The third kappa shape index (κ3) is 8.85. The van der Waals surface area contributed by atoms with E-state index in [-0.39, 0.29) is 11.5 Å². The fourth-order valence-corrected chi connectivity index (χ4v) is 6.09. The number of phenols is 2. The van der Waals surface area contributed by atoms with Crippen molar-refractivity contribution in [1.29, 1.82) is 0 Å². The molecule has 0 fully saturated rings. The number of halogens is 2. The first-order chi connectivity index (χ1) is 23.7. The van der Waals surface area contributed by atoms with Crippen LogP contribution in [0.1, 0.15) is 0 Å². The van der Waals surface area contributed by atoms with Gasteiger partial charge in [0.05, 0.1) is 0 Å². The monoisotopic (exact) mass is 708 g/mol. The number of nitrogens with one attached hydrogen (secondary N) is 2. The van der Waals surface area contributed by atoms with Gasteiger partial charge in [-0.3, -0.25) is 10.6 Å². The molecule has 6 rings (SSSR count). The molecule has 0 bridgehead atoms. The van der Waals surface area contributed by atoms with Crippen molar-refractivity contribution >= 4 is 58.5 Å². The zero-order valence-electron chi connectivity index (χ0n) is 25.4. The van der Waals surface area contributed by atoms with E-state index in [0.29, 0.717) is 32.9 Å². The lowest BCUT2D eigenvalue weighted by Gasteiger charge is -2.16. The summed E-state index contributed by atoms with van der Waals surface area (Å²) in [7, 11) is 0. The van der Waals surface area contributed by atoms with Crippen LogP contribution in [0.3, 0.4) is 0 Å². The largest absolute Gasteiger partial charge is 0.508 e. The lowest BCUT2D eigenvalue weighted by Crippen LogP contribution is -2.16. The summed E-state index contributed by atoms with van der Waals surface area (Å²) in [5, 5.41) is 26.5. The molecule has 0 unspecified atom stereocenters. The molecule has 0 saturated carbocycles. The highest BCUT2D eigenvalue weighted by atomic mass is 35.5. The third-order valence-electron chi connectivity index (χ3n) is 7.08. The SMILES string of the molecule is O=C(Nc1ccc(Sc2ccc(NC(=O)Oc3ccc(Cl)cc3)cc2-c2ccc(O)cc2)c(-c2ccc(O)cc2)c1)Oc1ccc(Cl)cc1. The topological polar surface area (TPSA) is 117 Å². The highest BCUT2D eigenvalue weighted by molar-refractivity contribution is 7.99. The smallest absolute Gasteiger partial charge is 0.417 e. The van der Waals surface area contributed by atoms with E-state index in [1.807, 2.05) is 24.3 Å². The summed E-state index contributed by atoms with van der Waals surface area (Å²) in [6.45, 7) is 0. The molecule has 0 atom stereocenters. The molecule has 2 amide bonds. The molecule has 0 saturated heterocycles. The summed E-state index contributed by atoms with van der Waals surface area (Å²) in [5.41, 5.74) is 4.13. The maximum atomic E-state index is 12.7. The quantitative estimate of drug-likeness (QED) is 0.124. The molecule has 49 heavy (non-hydrogen) atoms. The van der Waals surface area contributed by atoms with Gasteiger partial charge in [0.2, 0.25) is 0 Å². The predicted molar refractivity (Wildman–Crippen MR) is 193 cm³/mol. The summed E-state index contributed by atoms with van der Waals surface area (Å²) in [5.74, 6) is 0.911. The first-order valence-electron chi connectivity index (χ1n) is 14.7. The van der Waals surface area contributed by atoms with Crippen LogP contribution in [0.2, 0.25) is 10.0 Å². The number of carbonyl (C=O) groups is 2. The Hall–Kier alpha value is -5.61. The van der Waals surface area contributed by atoms with Gasteiger partial charge in [0.1, 0.15) is 23.0 Å². The number of hydrogen-bond donors (Lipinski definition) is 4. The second-order valence-corrected chi connectivity index (χ2v) is 12.5. The summed E-state index contributed by atoms with van der Waals surface area (Å²) < 4.78 is 10.8. The molecule has 6 aromatic rings. The lowest BCUT2D eigenvalue weighted by atomic mass is 10.0. The van der Waals surface area contributed by atoms with Crippen LogP contribution in [-0.4, -0.2) is 22.4 Å². The molecule has 0 aliphatic rings. The van der Waals surface area contributed by atoms with Crippen molar-refractivity contribution in [3.8, 4) is 45.3 Å². The molecule has 0 aliphatic heterocycles. The van der Waals surface area contributed by atoms with Crippen LogP contribution in [0.4, 0.5) is 21.0 Å². The van der Waals surface area contributed by atoms with E-state index in [1.165, 1.54) is 11.8 Å². The van der Waals surface area contributed by atoms with Crippen LogP contribution in [0.15, 0.2) is 143 Å². The van der Waals surface area contributed by atoms with Crippen LogP contribution in [0.5, 0.6) is 23.0 Å². The molecular formula is C38H26Cl2N2O6S. The van der Waals surface area contributed by atoms with Gasteiger partial charge in [-0.25, -0.2) is 9.59 Å². The number of benzene rings is 6. The first kappa shape index (κ1) is 33.3.